The van der Waals surface area contributed by atoms with E-state index in [2.05, 4.69) is 6.92 Å². The molecular formula is C12H25O2Sb. The summed E-state index contributed by atoms with van der Waals surface area (Å²) in [5, 5.41) is 0. The zero-order valence-electron chi connectivity index (χ0n) is 9.96. The number of rotatable bonds is 10. The van der Waals surface area contributed by atoms with E-state index in [4.69, 9.17) is 3.02 Å². The van der Waals surface area contributed by atoms with Crippen LogP contribution in [0.4, 0.5) is 0 Å². The standard InChI is InChI=1S/C12H24O2.Sb.2H/c1-2-3-4-5-6-7-8-9-10-11-12(13)14;;;/h2-11H2,1H3,(H,13,14);;;/q;+1;;/p-1. The van der Waals surface area contributed by atoms with Crippen LogP contribution in [-0.4, -0.2) is 29.4 Å². The molecule has 0 unspecified atom stereocenters. The van der Waals surface area contributed by atoms with E-state index in [0.29, 0.717) is 29.9 Å². The zero-order chi connectivity index (χ0) is 11.4. The van der Waals surface area contributed by atoms with Crippen molar-refractivity contribution >= 4 is 29.4 Å². The predicted molar refractivity (Wildman–Crippen MR) is 66.5 cm³/mol. The van der Waals surface area contributed by atoms with Gasteiger partial charge in [0.25, 0.3) is 0 Å². The van der Waals surface area contributed by atoms with E-state index < -0.39 is 0 Å². The summed E-state index contributed by atoms with van der Waals surface area (Å²) in [5.74, 6) is -0.0136. The summed E-state index contributed by atoms with van der Waals surface area (Å²) >= 11 is 0.602. The molecule has 0 bridgehead atoms. The number of carbonyl (C=O) groups excluding carboxylic acids is 1. The zero-order valence-corrected chi connectivity index (χ0v) is 13.3. The molecule has 0 N–H and O–H groups in total. The molecule has 0 aromatic carbocycles. The number of hydrogen-bond acceptors (Lipinski definition) is 2. The van der Waals surface area contributed by atoms with E-state index in [1.807, 2.05) is 0 Å². The molecule has 0 saturated heterocycles. The fourth-order valence-electron chi connectivity index (χ4n) is 1.64. The van der Waals surface area contributed by atoms with Crippen LogP contribution in [0.1, 0.15) is 71.1 Å². The van der Waals surface area contributed by atoms with Crippen molar-refractivity contribution < 1.29 is 7.81 Å². The molecule has 0 aliphatic carbocycles. The first kappa shape index (κ1) is 15.3. The van der Waals surface area contributed by atoms with Crippen molar-refractivity contribution in [3.63, 3.8) is 0 Å². The van der Waals surface area contributed by atoms with Crippen LogP contribution in [0, 0.1) is 0 Å². The molecule has 0 aliphatic rings. The SMILES string of the molecule is CCCCCCCCCCCC(=O)[O][SbH2]. The molecule has 2 nitrogen and oxygen atoms in total. The first-order valence-corrected chi connectivity index (χ1v) is 7.55. The Kier molecular flexibility index (Phi) is 12.6. The average molecular weight is 323 g/mol. The minimum atomic E-state index is -0.0136. The molecule has 90 valence electrons. The third kappa shape index (κ3) is 12.2. The molecule has 0 radical (unpaired) electrons. The van der Waals surface area contributed by atoms with Gasteiger partial charge in [0.2, 0.25) is 0 Å². The van der Waals surface area contributed by atoms with Gasteiger partial charge < -0.3 is 0 Å². The number of carbonyl (C=O) groups is 1. The Morgan fingerprint density at radius 3 is 1.87 bits per heavy atom. The maximum absolute atomic E-state index is 10.8. The van der Waals surface area contributed by atoms with Gasteiger partial charge in [-0.25, -0.2) is 0 Å². The molecule has 0 rings (SSSR count). The van der Waals surface area contributed by atoms with Crippen molar-refractivity contribution in [1.82, 2.24) is 0 Å². The van der Waals surface area contributed by atoms with Crippen molar-refractivity contribution in [1.29, 1.82) is 0 Å². The van der Waals surface area contributed by atoms with E-state index in [1.165, 1.54) is 51.4 Å². The van der Waals surface area contributed by atoms with Crippen LogP contribution in [0.15, 0.2) is 0 Å². The van der Waals surface area contributed by atoms with Crippen molar-refractivity contribution in [2.75, 3.05) is 0 Å². The van der Waals surface area contributed by atoms with Crippen molar-refractivity contribution in [3.8, 4) is 0 Å². The van der Waals surface area contributed by atoms with Crippen molar-refractivity contribution in [2.24, 2.45) is 0 Å². The van der Waals surface area contributed by atoms with Crippen LogP contribution < -0.4 is 0 Å². The second kappa shape index (κ2) is 12.4. The fourth-order valence-corrected chi connectivity index (χ4v) is 1.98. The molecular weight excluding hydrogens is 298 g/mol. The Morgan fingerprint density at radius 2 is 1.40 bits per heavy atom. The van der Waals surface area contributed by atoms with Gasteiger partial charge in [-0.2, -0.15) is 0 Å². The van der Waals surface area contributed by atoms with Gasteiger partial charge >= 0.3 is 101 Å². The van der Waals surface area contributed by atoms with Gasteiger partial charge in [0.05, 0.1) is 0 Å². The van der Waals surface area contributed by atoms with E-state index in [0.717, 1.165) is 6.42 Å². The molecule has 3 heteroatoms. The topological polar surface area (TPSA) is 26.3 Å². The first-order valence-electron chi connectivity index (χ1n) is 6.20. The maximum atomic E-state index is 10.8. The quantitative estimate of drug-likeness (QED) is 0.456. The van der Waals surface area contributed by atoms with Crippen molar-refractivity contribution in [3.05, 3.63) is 0 Å². The fraction of sp³-hybridized carbons (Fsp3) is 0.917. The molecule has 15 heavy (non-hydrogen) atoms. The molecule has 0 spiro atoms. The van der Waals surface area contributed by atoms with Gasteiger partial charge in [0.1, 0.15) is 0 Å². The second-order valence-electron chi connectivity index (χ2n) is 4.07. The van der Waals surface area contributed by atoms with Crippen LogP contribution in [0.3, 0.4) is 0 Å². The Morgan fingerprint density at radius 1 is 0.933 bits per heavy atom. The Labute approximate surface area is 108 Å². The van der Waals surface area contributed by atoms with Gasteiger partial charge in [0, 0.05) is 0 Å². The second-order valence-corrected chi connectivity index (χ2v) is 4.74. The summed E-state index contributed by atoms with van der Waals surface area (Å²) < 4.78 is 4.71. The Bertz CT molecular complexity index is 149. The van der Waals surface area contributed by atoms with E-state index >= 15 is 0 Å². The summed E-state index contributed by atoms with van der Waals surface area (Å²) in [6.07, 6.45) is 12.3. The van der Waals surface area contributed by atoms with Crippen LogP contribution in [0.25, 0.3) is 0 Å². The molecule has 0 saturated carbocycles. The third-order valence-electron chi connectivity index (χ3n) is 2.62. The van der Waals surface area contributed by atoms with Gasteiger partial charge in [-0.05, 0) is 0 Å². The van der Waals surface area contributed by atoms with Crippen molar-refractivity contribution in [2.45, 2.75) is 71.1 Å². The average Bonchev–Trinajstić information content (AvgIpc) is 2.26. The molecule has 0 amide bonds. The van der Waals surface area contributed by atoms with Gasteiger partial charge in [-0.3, -0.25) is 0 Å². The summed E-state index contributed by atoms with van der Waals surface area (Å²) in [4.78, 5) is 10.8. The summed E-state index contributed by atoms with van der Waals surface area (Å²) in [7, 11) is 0. The first-order chi connectivity index (χ1) is 7.31. The van der Waals surface area contributed by atoms with E-state index in [-0.39, 0.29) is 5.97 Å². The molecule has 0 atom stereocenters. The van der Waals surface area contributed by atoms with Crippen LogP contribution in [0.5, 0.6) is 0 Å². The summed E-state index contributed by atoms with van der Waals surface area (Å²) in [6, 6.07) is 0. The van der Waals surface area contributed by atoms with E-state index in [1.54, 1.807) is 0 Å². The summed E-state index contributed by atoms with van der Waals surface area (Å²) in [6.45, 7) is 2.25. The van der Waals surface area contributed by atoms with Crippen LogP contribution in [-0.2, 0) is 7.81 Å². The number of unbranched alkanes of at least 4 members (excludes halogenated alkanes) is 8. The number of hydrogen-bond donors (Lipinski definition) is 0. The third-order valence-corrected chi connectivity index (χ3v) is 3.37. The molecule has 0 aliphatic heterocycles. The minimum absolute atomic E-state index is 0.0136. The van der Waals surface area contributed by atoms with Crippen LogP contribution >= 0.6 is 0 Å². The molecule has 0 heterocycles. The van der Waals surface area contributed by atoms with Gasteiger partial charge in [-0.15, -0.1) is 0 Å². The Balaban J connectivity index is 2.95. The monoisotopic (exact) mass is 322 g/mol. The molecule has 0 aromatic rings. The summed E-state index contributed by atoms with van der Waals surface area (Å²) in [5.41, 5.74) is 0. The van der Waals surface area contributed by atoms with E-state index in [9.17, 15) is 4.79 Å². The molecule has 0 fully saturated rings. The van der Waals surface area contributed by atoms with Gasteiger partial charge in [0.15, 0.2) is 0 Å². The molecule has 0 aromatic heterocycles. The predicted octanol–water partition coefficient (Wildman–Crippen LogP) is 3.00. The Hall–Kier alpha value is 0.288. The normalized spacial score (nSPS) is 10.3. The van der Waals surface area contributed by atoms with Crippen LogP contribution in [0.2, 0.25) is 0 Å². The van der Waals surface area contributed by atoms with Gasteiger partial charge in [-0.1, -0.05) is 6.92 Å².